The van der Waals surface area contributed by atoms with Gasteiger partial charge in [0.2, 0.25) is 0 Å². The Hall–Kier alpha value is -2.65. The second-order valence-corrected chi connectivity index (χ2v) is 23.3. The van der Waals surface area contributed by atoms with E-state index in [9.17, 15) is 0 Å². The van der Waals surface area contributed by atoms with Crippen LogP contribution in [0.2, 0.25) is 39.3 Å². The molecule has 4 rings (SSSR count). The summed E-state index contributed by atoms with van der Waals surface area (Å²) in [5.41, 5.74) is 5.43. The Morgan fingerprint density at radius 3 is 1.35 bits per heavy atom. The van der Waals surface area contributed by atoms with E-state index in [1.165, 1.54) is 54.5 Å². The van der Waals surface area contributed by atoms with Crippen molar-refractivity contribution in [3.8, 4) is 11.5 Å². The molecular weight excluding hydrogens is 589 g/mol. The maximum absolute atomic E-state index is 6.69. The molecule has 2 nitrogen and oxygen atoms in total. The lowest BCUT2D eigenvalue weighted by atomic mass is 9.78. The Kier molecular flexibility index (Phi) is 11.5. The topological polar surface area (TPSA) is 18.5 Å². The molecule has 0 atom stereocenters. The van der Waals surface area contributed by atoms with Crippen molar-refractivity contribution in [2.24, 2.45) is 0 Å². The number of hydrogen-bond acceptors (Lipinski definition) is 2. The van der Waals surface area contributed by atoms with Crippen LogP contribution in [0.15, 0.2) is 84.9 Å². The third-order valence-electron chi connectivity index (χ3n) is 8.72. The van der Waals surface area contributed by atoms with Crippen molar-refractivity contribution in [2.45, 2.75) is 71.4 Å². The highest BCUT2D eigenvalue weighted by Crippen LogP contribution is 2.32. The third kappa shape index (κ3) is 8.29. The Bertz CT molecular complexity index is 1450. The van der Waals surface area contributed by atoms with Gasteiger partial charge in [-0.1, -0.05) is 138 Å². The van der Waals surface area contributed by atoms with Gasteiger partial charge < -0.3 is 9.47 Å². The normalized spacial score (nSPS) is 12.0. The van der Waals surface area contributed by atoms with Crippen LogP contribution in [0.5, 0.6) is 11.5 Å². The molecule has 43 heavy (non-hydrogen) atoms. The first-order valence-corrected chi connectivity index (χ1v) is 25.8. The van der Waals surface area contributed by atoms with E-state index in [1.54, 1.807) is 0 Å². The SMILES string of the molecule is C[SiH](C)c1cc(C(C)(C)c2cc([SiH](C)C)c(OCCc3ccccc3)c([SiH](C)C)c2)cc([SiH3])c1OCCc1ccccc1. The smallest absolute Gasteiger partial charge is 0.117 e. The minimum absolute atomic E-state index is 0.0988. The van der Waals surface area contributed by atoms with E-state index in [0.29, 0.717) is 0 Å². The number of ether oxygens (including phenoxy) is 2. The van der Waals surface area contributed by atoms with Crippen LogP contribution < -0.4 is 30.2 Å². The molecule has 4 aromatic carbocycles. The summed E-state index contributed by atoms with van der Waals surface area (Å²) in [5, 5.41) is 5.84. The summed E-state index contributed by atoms with van der Waals surface area (Å²) < 4.78 is 13.2. The van der Waals surface area contributed by atoms with E-state index >= 15 is 0 Å². The van der Waals surface area contributed by atoms with E-state index < -0.39 is 26.4 Å². The predicted octanol–water partition coefficient (Wildman–Crippen LogP) is 4.33. The molecule has 4 aromatic rings. The zero-order chi connectivity index (χ0) is 31.1. The van der Waals surface area contributed by atoms with Gasteiger partial charge in [0, 0.05) is 28.5 Å². The van der Waals surface area contributed by atoms with Crippen molar-refractivity contribution in [3.63, 3.8) is 0 Å². The summed E-state index contributed by atoms with van der Waals surface area (Å²) in [7, 11) is -2.42. The highest BCUT2D eigenvalue weighted by molar-refractivity contribution is 6.76. The van der Waals surface area contributed by atoms with Gasteiger partial charge in [-0.25, -0.2) is 0 Å². The maximum Gasteiger partial charge on any atom is 0.117 e. The highest BCUT2D eigenvalue weighted by Gasteiger charge is 2.29. The van der Waals surface area contributed by atoms with Gasteiger partial charge in [0.05, 0.1) is 39.6 Å². The highest BCUT2D eigenvalue weighted by atomic mass is 28.3. The van der Waals surface area contributed by atoms with Crippen molar-refractivity contribution in [3.05, 3.63) is 107 Å². The Balaban J connectivity index is 1.66. The van der Waals surface area contributed by atoms with Gasteiger partial charge in [-0.15, -0.1) is 0 Å². The van der Waals surface area contributed by atoms with Crippen LogP contribution in [-0.4, -0.2) is 49.8 Å². The molecule has 6 heteroatoms. The van der Waals surface area contributed by atoms with Gasteiger partial charge in [-0.3, -0.25) is 0 Å². The zero-order valence-electron chi connectivity index (χ0n) is 28.0. The summed E-state index contributed by atoms with van der Waals surface area (Å²) in [6.45, 7) is 21.0. The van der Waals surface area contributed by atoms with Crippen molar-refractivity contribution in [2.75, 3.05) is 13.2 Å². The van der Waals surface area contributed by atoms with Gasteiger partial charge in [0.15, 0.2) is 0 Å². The third-order valence-corrected chi connectivity index (χ3v) is 14.5. The average molecular weight is 641 g/mol. The molecule has 0 N–H and O–H groups in total. The molecule has 0 fully saturated rings. The fourth-order valence-corrected chi connectivity index (χ4v) is 11.0. The zero-order valence-corrected chi connectivity index (χ0v) is 33.4. The van der Waals surface area contributed by atoms with Gasteiger partial charge in [-0.2, -0.15) is 0 Å². The van der Waals surface area contributed by atoms with E-state index in [4.69, 9.17) is 9.47 Å². The van der Waals surface area contributed by atoms with E-state index in [-0.39, 0.29) is 5.41 Å². The number of benzene rings is 4. The Morgan fingerprint density at radius 2 is 0.930 bits per heavy atom. The minimum atomic E-state index is -1.14. The summed E-state index contributed by atoms with van der Waals surface area (Å²) in [5.74, 6) is 2.39. The molecule has 0 aliphatic heterocycles. The van der Waals surface area contributed by atoms with Gasteiger partial charge in [0.25, 0.3) is 0 Å². The molecular formula is C37H52O2Si4. The van der Waals surface area contributed by atoms with Gasteiger partial charge in [-0.05, 0) is 43.0 Å². The van der Waals surface area contributed by atoms with E-state index in [2.05, 4.69) is 138 Å². The first kappa shape index (κ1) is 33.2. The lowest BCUT2D eigenvalue weighted by Gasteiger charge is -2.31. The maximum atomic E-state index is 6.69. The molecule has 0 unspecified atom stereocenters. The first-order valence-electron chi connectivity index (χ1n) is 16.2. The van der Waals surface area contributed by atoms with Crippen molar-refractivity contribution >= 4 is 57.4 Å². The molecule has 0 spiro atoms. The Morgan fingerprint density at radius 1 is 0.558 bits per heavy atom. The molecule has 0 saturated carbocycles. The molecule has 0 amide bonds. The summed E-state index contributed by atoms with van der Waals surface area (Å²) in [4.78, 5) is 0. The van der Waals surface area contributed by atoms with Crippen LogP contribution in [0.1, 0.15) is 36.1 Å². The molecule has 0 heterocycles. The quantitative estimate of drug-likeness (QED) is 0.203. The second-order valence-electron chi connectivity index (χ2n) is 13.5. The molecule has 0 aliphatic carbocycles. The largest absolute Gasteiger partial charge is 0.494 e. The molecule has 0 aliphatic rings. The predicted molar refractivity (Wildman–Crippen MR) is 201 cm³/mol. The lowest BCUT2D eigenvalue weighted by molar-refractivity contribution is 0.326. The van der Waals surface area contributed by atoms with Crippen LogP contribution in [-0.2, 0) is 18.3 Å². The standard InChI is InChI=1S/C37H52O2Si4/c1-37(2,29-23-31(40)35(32(24-29)41(3)4)38-21-19-27-15-11-9-12-16-27)30-25-33(42(5)6)36(34(26-30)43(7)8)39-22-20-28-17-13-10-14-18-28/h9-18,23-26,41-43H,19-22H2,1-8,40H3. The fraction of sp³-hybridized carbons (Fsp3) is 0.351. The number of hydrogen-bond donors (Lipinski definition) is 0. The van der Waals surface area contributed by atoms with Crippen LogP contribution in [0, 0.1) is 0 Å². The molecule has 0 bridgehead atoms. The number of rotatable bonds is 13. The second kappa shape index (κ2) is 14.9. The lowest BCUT2D eigenvalue weighted by Crippen LogP contribution is -2.39. The summed E-state index contributed by atoms with van der Waals surface area (Å²) in [6, 6.07) is 31.4. The molecule has 228 valence electrons. The van der Waals surface area contributed by atoms with Gasteiger partial charge >= 0.3 is 0 Å². The average Bonchev–Trinajstić information content (AvgIpc) is 2.98. The molecule has 0 saturated heterocycles. The summed E-state index contributed by atoms with van der Waals surface area (Å²) in [6.07, 6.45) is 1.88. The van der Waals surface area contributed by atoms with E-state index in [0.717, 1.165) is 36.3 Å². The van der Waals surface area contributed by atoms with Crippen LogP contribution in [0.25, 0.3) is 0 Å². The van der Waals surface area contributed by atoms with Gasteiger partial charge in [0.1, 0.15) is 11.5 Å². The van der Waals surface area contributed by atoms with Crippen molar-refractivity contribution in [1.29, 1.82) is 0 Å². The summed E-state index contributed by atoms with van der Waals surface area (Å²) >= 11 is 0. The fourth-order valence-electron chi connectivity index (χ4n) is 5.85. The van der Waals surface area contributed by atoms with Crippen LogP contribution in [0.4, 0.5) is 0 Å². The van der Waals surface area contributed by atoms with E-state index in [1.807, 2.05) is 0 Å². The molecule has 0 aromatic heterocycles. The monoisotopic (exact) mass is 640 g/mol. The van der Waals surface area contributed by atoms with Crippen molar-refractivity contribution in [1.82, 2.24) is 0 Å². The molecule has 0 radical (unpaired) electrons. The van der Waals surface area contributed by atoms with Crippen molar-refractivity contribution < 1.29 is 9.47 Å². The van der Waals surface area contributed by atoms with Crippen LogP contribution in [0.3, 0.4) is 0 Å². The minimum Gasteiger partial charge on any atom is -0.494 e. The Labute approximate surface area is 269 Å². The first-order chi connectivity index (χ1) is 20.5. The van der Waals surface area contributed by atoms with Crippen LogP contribution >= 0.6 is 0 Å².